The zero-order chi connectivity index (χ0) is 40.0. The smallest absolute Gasteiger partial charge is 0.340 e. The summed E-state index contributed by atoms with van der Waals surface area (Å²) in [6.07, 6.45) is 2.17. The number of thioether (sulfide) groups is 3. The topological polar surface area (TPSA) is 195 Å². The molecule has 302 valence electrons. The Balaban J connectivity index is 1.43. The van der Waals surface area contributed by atoms with E-state index in [2.05, 4.69) is 15.0 Å². The first-order chi connectivity index (χ1) is 25.4. The maximum absolute atomic E-state index is 12.7. The van der Waals surface area contributed by atoms with E-state index in [0.29, 0.717) is 77.9 Å². The summed E-state index contributed by atoms with van der Waals surface area (Å²) < 4.78 is 32.4. The summed E-state index contributed by atoms with van der Waals surface area (Å²) in [5.41, 5.74) is -3.58. The molecule has 0 aliphatic carbocycles. The van der Waals surface area contributed by atoms with Crippen LogP contribution in [0, 0.1) is 5.41 Å². The Bertz CT molecular complexity index is 1320. The minimum absolute atomic E-state index is 0.118. The number of hydrogen-bond acceptors (Lipinski definition) is 18. The van der Waals surface area contributed by atoms with E-state index in [0.717, 1.165) is 0 Å². The Hall–Kier alpha value is -3.12. The molecule has 3 rings (SSSR count). The second kappa shape index (κ2) is 20.7. The lowest BCUT2D eigenvalue weighted by Crippen LogP contribution is -2.39. The molecule has 15 nitrogen and oxygen atoms in total. The molecule has 0 fully saturated rings. The molecule has 0 aromatic carbocycles. The quantitative estimate of drug-likeness (QED) is 0.0695. The molecular formula is C36H53N3O12S3. The van der Waals surface area contributed by atoms with Gasteiger partial charge >= 0.3 is 35.8 Å². The third-order valence-electron chi connectivity index (χ3n) is 8.44. The molecule has 0 saturated heterocycles. The molecule has 0 saturated carbocycles. The molecule has 0 spiro atoms. The molecule has 0 atom stereocenters. The second-order valence-corrected chi connectivity index (χ2v) is 18.2. The van der Waals surface area contributed by atoms with Gasteiger partial charge in [0.1, 0.15) is 19.8 Å². The molecule has 0 aromatic heterocycles. The highest BCUT2D eigenvalue weighted by Gasteiger charge is 2.39. The van der Waals surface area contributed by atoms with Crippen molar-refractivity contribution in [3.63, 3.8) is 0 Å². The van der Waals surface area contributed by atoms with E-state index < -0.39 is 39.9 Å². The maximum Gasteiger partial charge on any atom is 0.340 e. The van der Waals surface area contributed by atoms with Crippen molar-refractivity contribution in [1.29, 1.82) is 0 Å². The van der Waals surface area contributed by atoms with Crippen molar-refractivity contribution in [1.82, 2.24) is 0 Å². The fourth-order valence-corrected chi connectivity index (χ4v) is 7.26. The van der Waals surface area contributed by atoms with Crippen molar-refractivity contribution >= 4 is 88.8 Å². The van der Waals surface area contributed by atoms with Crippen LogP contribution in [0.1, 0.15) is 93.4 Å². The van der Waals surface area contributed by atoms with Crippen LogP contribution in [-0.2, 0) is 57.2 Å². The number of cyclic esters (lactones) is 3. The Morgan fingerprint density at radius 1 is 0.537 bits per heavy atom. The number of carbonyl (C=O) groups is 6. The van der Waals surface area contributed by atoms with Gasteiger partial charge in [0.05, 0.1) is 24.7 Å². The lowest BCUT2D eigenvalue weighted by molar-refractivity contribution is -0.162. The zero-order valence-electron chi connectivity index (χ0n) is 32.3. The fraction of sp³-hybridized carbons (Fsp3) is 0.750. The van der Waals surface area contributed by atoms with Crippen molar-refractivity contribution in [2.45, 2.75) is 110 Å². The average molecular weight is 816 g/mol. The lowest BCUT2D eigenvalue weighted by Gasteiger charge is -2.31. The van der Waals surface area contributed by atoms with Crippen LogP contribution in [0.25, 0.3) is 0 Å². The first-order valence-corrected chi connectivity index (χ1v) is 21.5. The summed E-state index contributed by atoms with van der Waals surface area (Å²) in [5.74, 6) is 1.94. The van der Waals surface area contributed by atoms with Gasteiger partial charge in [-0.1, -0.05) is 6.92 Å². The van der Waals surface area contributed by atoms with E-state index >= 15 is 0 Å². The Kier molecular flexibility index (Phi) is 17.4. The molecule has 54 heavy (non-hydrogen) atoms. The van der Waals surface area contributed by atoms with Crippen molar-refractivity contribution in [2.75, 3.05) is 54.3 Å². The van der Waals surface area contributed by atoms with Gasteiger partial charge in [0.15, 0.2) is 34.3 Å². The van der Waals surface area contributed by atoms with Crippen LogP contribution in [0.5, 0.6) is 0 Å². The van der Waals surface area contributed by atoms with E-state index in [1.807, 2.05) is 6.92 Å². The van der Waals surface area contributed by atoms with Gasteiger partial charge in [0.2, 0.25) is 0 Å². The summed E-state index contributed by atoms with van der Waals surface area (Å²) in [4.78, 5) is 86.4. The van der Waals surface area contributed by atoms with E-state index in [-0.39, 0.29) is 57.0 Å². The standard InChI is InChI=1S/C36H53N3O12S3/c1-8-36(21-46-27(40)12-18-52-15-9-24-37-33(2,3)30(43)49-24,22-47-28(41)13-19-53-16-10-25-38-34(4,5)31(44)50-25)23-48-29(42)14-20-54-17-11-26-39-35(6,7)32(45)51-26/h8-23H2,1-7H3. The predicted octanol–water partition coefficient (Wildman–Crippen LogP) is 4.75. The summed E-state index contributed by atoms with van der Waals surface area (Å²) in [6, 6.07) is 0. The van der Waals surface area contributed by atoms with Gasteiger partial charge in [-0.05, 0) is 48.0 Å². The molecule has 0 amide bonds. The monoisotopic (exact) mass is 815 g/mol. The maximum atomic E-state index is 12.7. The molecule has 0 aromatic rings. The molecule has 3 aliphatic heterocycles. The number of nitrogens with zero attached hydrogens (tertiary/aromatic N) is 3. The molecule has 0 bridgehead atoms. The number of rotatable bonds is 25. The third kappa shape index (κ3) is 14.8. The van der Waals surface area contributed by atoms with Gasteiger partial charge in [-0.15, -0.1) is 0 Å². The number of carbonyl (C=O) groups excluding carboxylic acids is 6. The summed E-state index contributed by atoms with van der Waals surface area (Å²) >= 11 is 4.50. The molecule has 18 heteroatoms. The summed E-state index contributed by atoms with van der Waals surface area (Å²) in [5, 5.41) is 0. The van der Waals surface area contributed by atoms with Gasteiger partial charge < -0.3 is 28.4 Å². The van der Waals surface area contributed by atoms with Gasteiger partial charge in [0.25, 0.3) is 0 Å². The number of hydrogen-bond donors (Lipinski definition) is 0. The van der Waals surface area contributed by atoms with E-state index in [1.165, 1.54) is 35.3 Å². The number of aliphatic imine (C=N–C) groups is 3. The second-order valence-electron chi connectivity index (χ2n) is 14.5. The SMILES string of the molecule is CCC(COC(=O)CCSCCC1=NC(C)(C)C(=O)O1)(COC(=O)CCSCCC1=NC(C)(C)C(=O)O1)COC(=O)CCSCCC1=NC(C)(C)C(=O)O1. The average Bonchev–Trinajstić information content (AvgIpc) is 3.63. The minimum Gasteiger partial charge on any atom is -0.465 e. The summed E-state index contributed by atoms with van der Waals surface area (Å²) in [6.45, 7) is 11.6. The van der Waals surface area contributed by atoms with Crippen LogP contribution in [0.2, 0.25) is 0 Å². The molecule has 3 aliphatic rings. The van der Waals surface area contributed by atoms with Crippen LogP contribution in [-0.4, -0.2) is 124 Å². The minimum atomic E-state index is -0.958. The van der Waals surface area contributed by atoms with Gasteiger partial charge in [0, 0.05) is 53.8 Å². The van der Waals surface area contributed by atoms with Crippen LogP contribution in [0.4, 0.5) is 0 Å². The largest absolute Gasteiger partial charge is 0.465 e. The molecule has 3 heterocycles. The normalized spacial score (nSPS) is 18.3. The van der Waals surface area contributed by atoms with E-state index in [1.54, 1.807) is 41.5 Å². The van der Waals surface area contributed by atoms with E-state index in [9.17, 15) is 28.8 Å². The van der Waals surface area contributed by atoms with Crippen LogP contribution in [0.3, 0.4) is 0 Å². The number of ether oxygens (including phenoxy) is 6. The van der Waals surface area contributed by atoms with Gasteiger partial charge in [-0.25, -0.2) is 29.4 Å². The third-order valence-corrected chi connectivity index (χ3v) is 11.4. The Morgan fingerprint density at radius 3 is 1.04 bits per heavy atom. The zero-order valence-corrected chi connectivity index (χ0v) is 34.7. The molecule has 0 N–H and O–H groups in total. The highest BCUT2D eigenvalue weighted by molar-refractivity contribution is 7.99. The van der Waals surface area contributed by atoms with Crippen molar-refractivity contribution in [3.05, 3.63) is 0 Å². The van der Waals surface area contributed by atoms with Crippen LogP contribution in [0.15, 0.2) is 15.0 Å². The highest BCUT2D eigenvalue weighted by atomic mass is 32.2. The van der Waals surface area contributed by atoms with Crippen LogP contribution >= 0.6 is 35.3 Å². The highest BCUT2D eigenvalue weighted by Crippen LogP contribution is 2.27. The van der Waals surface area contributed by atoms with Crippen molar-refractivity contribution < 1.29 is 57.2 Å². The van der Waals surface area contributed by atoms with Crippen molar-refractivity contribution in [3.8, 4) is 0 Å². The van der Waals surface area contributed by atoms with Crippen molar-refractivity contribution in [2.24, 2.45) is 20.4 Å². The predicted molar refractivity (Wildman–Crippen MR) is 208 cm³/mol. The lowest BCUT2D eigenvalue weighted by atomic mass is 9.88. The molecular weight excluding hydrogens is 763 g/mol. The Labute approximate surface area is 329 Å². The van der Waals surface area contributed by atoms with Crippen LogP contribution < -0.4 is 0 Å². The van der Waals surface area contributed by atoms with Gasteiger partial charge in [-0.3, -0.25) is 14.4 Å². The van der Waals surface area contributed by atoms with Gasteiger partial charge in [-0.2, -0.15) is 35.3 Å². The summed E-state index contributed by atoms with van der Waals surface area (Å²) in [7, 11) is 0. The Morgan fingerprint density at radius 2 is 0.815 bits per heavy atom. The first kappa shape index (κ1) is 45.3. The first-order valence-electron chi connectivity index (χ1n) is 18.0. The fourth-order valence-electron chi connectivity index (χ4n) is 4.76. The number of esters is 6. The molecule has 0 radical (unpaired) electrons. The molecule has 0 unspecified atom stereocenters. The van der Waals surface area contributed by atoms with E-state index in [4.69, 9.17) is 28.4 Å².